The molecule has 0 aliphatic heterocycles. The van der Waals surface area contributed by atoms with Gasteiger partial charge in [-0.3, -0.25) is 4.79 Å². The first-order valence-electron chi connectivity index (χ1n) is 8.34. The lowest BCUT2D eigenvalue weighted by Crippen LogP contribution is -2.34. The summed E-state index contributed by atoms with van der Waals surface area (Å²) >= 11 is 0. The third-order valence-electron chi connectivity index (χ3n) is 4.52. The molecule has 126 valence electrons. The molecular formula is C17H20FN5O. The van der Waals surface area contributed by atoms with Crippen molar-refractivity contribution in [1.29, 1.82) is 0 Å². The fourth-order valence-electron chi connectivity index (χ4n) is 3.04. The standard InChI is InChI=1S/C17H20FN5O/c18-12-3-5-13(6-4-12)22(9-15(19)24)10-16-20-21-17(11-1-2-11)23(16)14-7-8-14/h3-6,11,14H,1-2,7-10H2,(H2,19,24). The van der Waals surface area contributed by atoms with Crippen LogP contribution in [0.3, 0.4) is 0 Å². The summed E-state index contributed by atoms with van der Waals surface area (Å²) in [5, 5.41) is 8.76. The van der Waals surface area contributed by atoms with Crippen LogP contribution in [0.4, 0.5) is 10.1 Å². The number of carbonyl (C=O) groups excluding carboxylic acids is 1. The molecule has 2 aliphatic carbocycles. The summed E-state index contributed by atoms with van der Waals surface area (Å²) in [7, 11) is 0. The molecule has 1 heterocycles. The van der Waals surface area contributed by atoms with E-state index in [0.29, 0.717) is 18.5 Å². The van der Waals surface area contributed by atoms with Gasteiger partial charge in [-0.2, -0.15) is 0 Å². The monoisotopic (exact) mass is 329 g/mol. The summed E-state index contributed by atoms with van der Waals surface area (Å²) in [5.41, 5.74) is 6.13. The summed E-state index contributed by atoms with van der Waals surface area (Å²) in [6, 6.07) is 6.54. The van der Waals surface area contributed by atoms with Gasteiger partial charge in [0.05, 0.1) is 13.1 Å². The maximum absolute atomic E-state index is 13.2. The highest BCUT2D eigenvalue weighted by Crippen LogP contribution is 2.44. The number of primary amides is 1. The first-order chi connectivity index (χ1) is 11.6. The number of halogens is 1. The van der Waals surface area contributed by atoms with Gasteiger partial charge in [0.25, 0.3) is 0 Å². The molecule has 2 N–H and O–H groups in total. The minimum Gasteiger partial charge on any atom is -0.368 e. The number of aromatic nitrogens is 3. The van der Waals surface area contributed by atoms with Gasteiger partial charge >= 0.3 is 0 Å². The number of amides is 1. The fraction of sp³-hybridized carbons (Fsp3) is 0.471. The number of benzene rings is 1. The predicted molar refractivity (Wildman–Crippen MR) is 86.9 cm³/mol. The molecule has 4 rings (SSSR count). The zero-order chi connectivity index (χ0) is 16.7. The van der Waals surface area contributed by atoms with Gasteiger partial charge in [-0.05, 0) is 49.9 Å². The third-order valence-corrected chi connectivity index (χ3v) is 4.52. The molecule has 2 aromatic rings. The molecular weight excluding hydrogens is 309 g/mol. The summed E-state index contributed by atoms with van der Waals surface area (Å²) in [5.74, 6) is 1.71. The molecule has 0 atom stereocenters. The number of nitrogens with zero attached hydrogens (tertiary/aromatic N) is 4. The van der Waals surface area contributed by atoms with Crippen molar-refractivity contribution in [2.45, 2.75) is 44.2 Å². The summed E-state index contributed by atoms with van der Waals surface area (Å²) in [4.78, 5) is 13.3. The highest BCUT2D eigenvalue weighted by molar-refractivity contribution is 5.79. The van der Waals surface area contributed by atoms with Crippen LogP contribution in [0.25, 0.3) is 0 Å². The predicted octanol–water partition coefficient (Wildman–Crippen LogP) is 2.12. The van der Waals surface area contributed by atoms with Crippen molar-refractivity contribution in [1.82, 2.24) is 14.8 Å². The largest absolute Gasteiger partial charge is 0.368 e. The van der Waals surface area contributed by atoms with E-state index in [1.165, 1.54) is 25.0 Å². The number of carbonyl (C=O) groups is 1. The average molecular weight is 329 g/mol. The van der Waals surface area contributed by atoms with Gasteiger partial charge in [0.2, 0.25) is 5.91 Å². The van der Waals surface area contributed by atoms with Gasteiger partial charge in [0.15, 0.2) is 5.82 Å². The van der Waals surface area contributed by atoms with Crippen LogP contribution in [-0.4, -0.2) is 27.2 Å². The van der Waals surface area contributed by atoms with Gasteiger partial charge in [0.1, 0.15) is 11.6 Å². The van der Waals surface area contributed by atoms with Crippen LogP contribution in [0.2, 0.25) is 0 Å². The van der Waals surface area contributed by atoms with Crippen molar-refractivity contribution in [2.24, 2.45) is 5.73 Å². The molecule has 1 aromatic heterocycles. The molecule has 2 saturated carbocycles. The van der Waals surface area contributed by atoms with Gasteiger partial charge in [-0.1, -0.05) is 0 Å². The first-order valence-corrected chi connectivity index (χ1v) is 8.34. The quantitative estimate of drug-likeness (QED) is 0.844. The minimum absolute atomic E-state index is 0.0575. The van der Waals surface area contributed by atoms with E-state index in [-0.39, 0.29) is 12.4 Å². The van der Waals surface area contributed by atoms with Gasteiger partial charge in [-0.25, -0.2) is 4.39 Å². The van der Waals surface area contributed by atoms with E-state index < -0.39 is 5.91 Å². The molecule has 0 bridgehead atoms. The number of hydrogen-bond acceptors (Lipinski definition) is 4. The summed E-state index contributed by atoms with van der Waals surface area (Å²) in [6.07, 6.45) is 4.65. The summed E-state index contributed by atoms with van der Waals surface area (Å²) < 4.78 is 15.4. The molecule has 1 amide bonds. The zero-order valence-electron chi connectivity index (χ0n) is 13.4. The Morgan fingerprint density at radius 2 is 1.92 bits per heavy atom. The Labute approximate surface area is 139 Å². The zero-order valence-corrected chi connectivity index (χ0v) is 13.4. The maximum Gasteiger partial charge on any atom is 0.236 e. The van der Waals surface area contributed by atoms with Crippen molar-refractivity contribution in [3.05, 3.63) is 41.7 Å². The van der Waals surface area contributed by atoms with E-state index in [4.69, 9.17) is 5.73 Å². The normalized spacial score (nSPS) is 17.0. The molecule has 0 saturated heterocycles. The van der Waals surface area contributed by atoms with Crippen molar-refractivity contribution in [3.8, 4) is 0 Å². The van der Waals surface area contributed by atoms with Crippen molar-refractivity contribution >= 4 is 11.6 Å². The molecule has 6 nitrogen and oxygen atoms in total. The lowest BCUT2D eigenvalue weighted by molar-refractivity contribution is -0.116. The van der Waals surface area contributed by atoms with Crippen LogP contribution in [0, 0.1) is 5.82 Å². The number of anilines is 1. The smallest absolute Gasteiger partial charge is 0.236 e. The molecule has 0 radical (unpaired) electrons. The van der Waals surface area contributed by atoms with Crippen LogP contribution < -0.4 is 10.6 Å². The molecule has 0 unspecified atom stereocenters. The highest BCUT2D eigenvalue weighted by Gasteiger charge is 2.36. The molecule has 2 aliphatic rings. The summed E-state index contributed by atoms with van der Waals surface area (Å²) in [6.45, 7) is 0.493. The van der Waals surface area contributed by atoms with E-state index in [1.54, 1.807) is 12.1 Å². The lowest BCUT2D eigenvalue weighted by atomic mass is 10.2. The van der Waals surface area contributed by atoms with Crippen molar-refractivity contribution < 1.29 is 9.18 Å². The Morgan fingerprint density at radius 1 is 1.21 bits per heavy atom. The van der Waals surface area contributed by atoms with E-state index in [9.17, 15) is 9.18 Å². The molecule has 0 spiro atoms. The van der Waals surface area contributed by atoms with Crippen LogP contribution in [0.15, 0.2) is 24.3 Å². The Balaban J connectivity index is 1.62. The number of nitrogens with two attached hydrogens (primary N) is 1. The Morgan fingerprint density at radius 3 is 2.50 bits per heavy atom. The second-order valence-corrected chi connectivity index (χ2v) is 6.65. The van der Waals surface area contributed by atoms with Crippen molar-refractivity contribution in [3.63, 3.8) is 0 Å². The van der Waals surface area contributed by atoms with E-state index in [0.717, 1.165) is 30.2 Å². The van der Waals surface area contributed by atoms with Gasteiger partial charge < -0.3 is 15.2 Å². The van der Waals surface area contributed by atoms with Gasteiger partial charge in [0, 0.05) is 17.6 Å². The maximum atomic E-state index is 13.2. The average Bonchev–Trinajstić information content (AvgIpc) is 3.46. The molecule has 1 aromatic carbocycles. The van der Waals surface area contributed by atoms with Crippen molar-refractivity contribution in [2.75, 3.05) is 11.4 Å². The first kappa shape index (κ1) is 15.1. The number of rotatable bonds is 7. The molecule has 2 fully saturated rings. The molecule has 7 heteroatoms. The Hall–Kier alpha value is -2.44. The van der Waals surface area contributed by atoms with Crippen LogP contribution >= 0.6 is 0 Å². The number of hydrogen-bond donors (Lipinski definition) is 1. The van der Waals surface area contributed by atoms with Gasteiger partial charge in [-0.15, -0.1) is 10.2 Å². The molecule has 24 heavy (non-hydrogen) atoms. The minimum atomic E-state index is -0.431. The lowest BCUT2D eigenvalue weighted by Gasteiger charge is -2.23. The van der Waals surface area contributed by atoms with E-state index in [1.807, 2.05) is 4.90 Å². The SMILES string of the molecule is NC(=O)CN(Cc1nnc(C2CC2)n1C1CC1)c1ccc(F)cc1. The topological polar surface area (TPSA) is 77.0 Å². The highest BCUT2D eigenvalue weighted by atomic mass is 19.1. The van der Waals surface area contributed by atoms with Crippen LogP contribution in [0.5, 0.6) is 0 Å². The second-order valence-electron chi connectivity index (χ2n) is 6.65. The van der Waals surface area contributed by atoms with E-state index in [2.05, 4.69) is 14.8 Å². The van der Waals surface area contributed by atoms with Crippen LogP contribution in [-0.2, 0) is 11.3 Å². The Kier molecular flexibility index (Phi) is 3.70. The Bertz CT molecular complexity index is 749. The van der Waals surface area contributed by atoms with E-state index >= 15 is 0 Å². The second kappa shape index (κ2) is 5.89. The fourth-order valence-corrected chi connectivity index (χ4v) is 3.04. The van der Waals surface area contributed by atoms with Crippen LogP contribution in [0.1, 0.15) is 49.3 Å². The third kappa shape index (κ3) is 3.11.